The highest BCUT2D eigenvalue weighted by Crippen LogP contribution is 2.26. The van der Waals surface area contributed by atoms with E-state index in [9.17, 15) is 4.39 Å². The SMILES string of the molecule is N#Cc1cccc(CNc2cc(F)c(Cl)cc2N)c1. The zero-order valence-corrected chi connectivity index (χ0v) is 10.7. The number of rotatable bonds is 3. The van der Waals surface area contributed by atoms with E-state index in [2.05, 4.69) is 11.4 Å². The number of hydrogen-bond donors (Lipinski definition) is 2. The standard InChI is InChI=1S/C14H11ClFN3/c15-11-5-13(18)14(6-12(11)16)19-8-10-3-1-2-9(4-10)7-17/h1-6,19H,8,18H2. The molecule has 0 unspecified atom stereocenters. The molecule has 0 saturated heterocycles. The Hall–Kier alpha value is -2.25. The minimum Gasteiger partial charge on any atom is -0.397 e. The summed E-state index contributed by atoms with van der Waals surface area (Å²) in [6.07, 6.45) is 0. The van der Waals surface area contributed by atoms with E-state index in [4.69, 9.17) is 22.6 Å². The lowest BCUT2D eigenvalue weighted by molar-refractivity contribution is 0.629. The van der Waals surface area contributed by atoms with Gasteiger partial charge in [0.05, 0.1) is 28.0 Å². The van der Waals surface area contributed by atoms with Crippen molar-refractivity contribution in [1.82, 2.24) is 0 Å². The van der Waals surface area contributed by atoms with E-state index in [1.165, 1.54) is 12.1 Å². The van der Waals surface area contributed by atoms with Gasteiger partial charge in [-0.1, -0.05) is 23.7 Å². The normalized spacial score (nSPS) is 9.95. The van der Waals surface area contributed by atoms with Crippen molar-refractivity contribution in [3.8, 4) is 6.07 Å². The van der Waals surface area contributed by atoms with Crippen LogP contribution in [0, 0.1) is 17.1 Å². The molecule has 0 aliphatic carbocycles. The number of benzene rings is 2. The molecule has 0 aliphatic rings. The van der Waals surface area contributed by atoms with Gasteiger partial charge in [0, 0.05) is 12.6 Å². The van der Waals surface area contributed by atoms with Crippen LogP contribution in [0.1, 0.15) is 11.1 Å². The van der Waals surface area contributed by atoms with E-state index in [1.807, 2.05) is 6.07 Å². The van der Waals surface area contributed by atoms with Gasteiger partial charge in [0.15, 0.2) is 0 Å². The first-order valence-electron chi connectivity index (χ1n) is 5.57. The molecule has 0 atom stereocenters. The smallest absolute Gasteiger partial charge is 0.143 e. The van der Waals surface area contributed by atoms with Gasteiger partial charge in [-0.05, 0) is 23.8 Å². The second-order valence-electron chi connectivity index (χ2n) is 4.02. The Balaban J connectivity index is 2.14. The minimum absolute atomic E-state index is 0.00507. The fraction of sp³-hybridized carbons (Fsp3) is 0.0714. The fourth-order valence-electron chi connectivity index (χ4n) is 1.66. The average molecular weight is 276 g/mol. The topological polar surface area (TPSA) is 61.8 Å². The van der Waals surface area contributed by atoms with E-state index in [1.54, 1.807) is 18.2 Å². The maximum absolute atomic E-state index is 13.3. The monoisotopic (exact) mass is 275 g/mol. The van der Waals surface area contributed by atoms with Crippen LogP contribution in [0.4, 0.5) is 15.8 Å². The van der Waals surface area contributed by atoms with E-state index < -0.39 is 5.82 Å². The molecule has 3 N–H and O–H groups in total. The number of nitrogen functional groups attached to an aromatic ring is 1. The van der Waals surface area contributed by atoms with Gasteiger partial charge < -0.3 is 11.1 Å². The molecular formula is C14H11ClFN3. The summed E-state index contributed by atoms with van der Waals surface area (Å²) in [5, 5.41) is 11.8. The molecule has 0 fully saturated rings. The largest absolute Gasteiger partial charge is 0.397 e. The molecule has 5 heteroatoms. The summed E-state index contributed by atoms with van der Waals surface area (Å²) in [6, 6.07) is 11.8. The lowest BCUT2D eigenvalue weighted by Gasteiger charge is -2.10. The van der Waals surface area contributed by atoms with Crippen molar-refractivity contribution in [1.29, 1.82) is 5.26 Å². The average Bonchev–Trinajstić information content (AvgIpc) is 2.41. The van der Waals surface area contributed by atoms with Crippen LogP contribution >= 0.6 is 11.6 Å². The van der Waals surface area contributed by atoms with Gasteiger partial charge in [-0.15, -0.1) is 0 Å². The lowest BCUT2D eigenvalue weighted by Crippen LogP contribution is -2.03. The lowest BCUT2D eigenvalue weighted by atomic mass is 10.1. The molecule has 0 saturated carbocycles. The van der Waals surface area contributed by atoms with Gasteiger partial charge in [0.25, 0.3) is 0 Å². The molecule has 0 heterocycles. The highest BCUT2D eigenvalue weighted by Gasteiger charge is 2.06. The molecule has 2 rings (SSSR count). The molecule has 0 bridgehead atoms. The minimum atomic E-state index is -0.524. The molecular weight excluding hydrogens is 265 g/mol. The van der Waals surface area contributed by atoms with E-state index in [0.717, 1.165) is 5.56 Å². The van der Waals surface area contributed by atoms with Gasteiger partial charge >= 0.3 is 0 Å². The van der Waals surface area contributed by atoms with Crippen LogP contribution < -0.4 is 11.1 Å². The van der Waals surface area contributed by atoms with Crippen LogP contribution in [0.3, 0.4) is 0 Å². The predicted molar refractivity (Wildman–Crippen MR) is 74.3 cm³/mol. The van der Waals surface area contributed by atoms with Crippen molar-refractivity contribution in [2.45, 2.75) is 6.54 Å². The molecule has 0 radical (unpaired) electrons. The molecule has 96 valence electrons. The summed E-state index contributed by atoms with van der Waals surface area (Å²) in [5.74, 6) is -0.524. The molecule has 19 heavy (non-hydrogen) atoms. The van der Waals surface area contributed by atoms with Crippen LogP contribution in [0.2, 0.25) is 5.02 Å². The van der Waals surface area contributed by atoms with Crippen molar-refractivity contribution in [3.63, 3.8) is 0 Å². The summed E-state index contributed by atoms with van der Waals surface area (Å²) < 4.78 is 13.3. The van der Waals surface area contributed by atoms with Crippen molar-refractivity contribution >= 4 is 23.0 Å². The number of hydrogen-bond acceptors (Lipinski definition) is 3. The molecule has 0 aromatic heterocycles. The predicted octanol–water partition coefficient (Wildman–Crippen LogP) is 3.55. The zero-order chi connectivity index (χ0) is 13.8. The van der Waals surface area contributed by atoms with Crippen LogP contribution in [0.15, 0.2) is 36.4 Å². The maximum Gasteiger partial charge on any atom is 0.143 e. The molecule has 2 aromatic carbocycles. The number of nitrogens with one attached hydrogen (secondary N) is 1. The summed E-state index contributed by atoms with van der Waals surface area (Å²) >= 11 is 5.62. The van der Waals surface area contributed by atoms with Crippen molar-refractivity contribution in [2.24, 2.45) is 0 Å². The Kier molecular flexibility index (Phi) is 3.88. The van der Waals surface area contributed by atoms with E-state index in [-0.39, 0.29) is 5.02 Å². The summed E-state index contributed by atoms with van der Waals surface area (Å²) in [7, 11) is 0. The van der Waals surface area contributed by atoms with Crippen LogP contribution in [-0.4, -0.2) is 0 Å². The summed E-state index contributed by atoms with van der Waals surface area (Å²) in [4.78, 5) is 0. The maximum atomic E-state index is 13.3. The number of nitrogens with two attached hydrogens (primary N) is 1. The Morgan fingerprint density at radius 2 is 2.11 bits per heavy atom. The van der Waals surface area contributed by atoms with Crippen LogP contribution in [-0.2, 0) is 6.54 Å². The first-order chi connectivity index (χ1) is 9.10. The molecule has 3 nitrogen and oxygen atoms in total. The molecule has 0 spiro atoms. The van der Waals surface area contributed by atoms with E-state index >= 15 is 0 Å². The van der Waals surface area contributed by atoms with Crippen LogP contribution in [0.25, 0.3) is 0 Å². The summed E-state index contributed by atoms with van der Waals surface area (Å²) in [6.45, 7) is 0.445. The zero-order valence-electron chi connectivity index (χ0n) is 9.95. The van der Waals surface area contributed by atoms with Gasteiger partial charge in [-0.25, -0.2) is 4.39 Å². The van der Waals surface area contributed by atoms with Gasteiger partial charge in [-0.2, -0.15) is 5.26 Å². The Bertz CT molecular complexity index is 650. The molecule has 2 aromatic rings. The number of nitriles is 1. The van der Waals surface area contributed by atoms with E-state index in [0.29, 0.717) is 23.5 Å². The van der Waals surface area contributed by atoms with Gasteiger partial charge in [0.2, 0.25) is 0 Å². The van der Waals surface area contributed by atoms with Gasteiger partial charge in [0.1, 0.15) is 5.82 Å². The number of halogens is 2. The second-order valence-corrected chi connectivity index (χ2v) is 4.43. The highest BCUT2D eigenvalue weighted by atomic mass is 35.5. The van der Waals surface area contributed by atoms with Crippen molar-refractivity contribution in [3.05, 3.63) is 58.4 Å². The third-order valence-electron chi connectivity index (χ3n) is 2.63. The summed E-state index contributed by atoms with van der Waals surface area (Å²) in [5.41, 5.74) is 8.09. The first-order valence-corrected chi connectivity index (χ1v) is 5.95. The highest BCUT2D eigenvalue weighted by molar-refractivity contribution is 6.31. The Morgan fingerprint density at radius 3 is 2.84 bits per heavy atom. The third-order valence-corrected chi connectivity index (χ3v) is 2.92. The Labute approximate surface area is 115 Å². The first kappa shape index (κ1) is 13.2. The molecule has 0 amide bonds. The van der Waals surface area contributed by atoms with Crippen LogP contribution in [0.5, 0.6) is 0 Å². The molecule has 0 aliphatic heterocycles. The second kappa shape index (κ2) is 5.59. The van der Waals surface area contributed by atoms with Crippen molar-refractivity contribution in [2.75, 3.05) is 11.1 Å². The number of nitrogens with zero attached hydrogens (tertiary/aromatic N) is 1. The number of anilines is 2. The van der Waals surface area contributed by atoms with Gasteiger partial charge in [-0.3, -0.25) is 0 Å². The quantitative estimate of drug-likeness (QED) is 0.842. The fourth-order valence-corrected chi connectivity index (χ4v) is 1.84. The van der Waals surface area contributed by atoms with Crippen molar-refractivity contribution < 1.29 is 4.39 Å². The Morgan fingerprint density at radius 1 is 1.32 bits per heavy atom. The third kappa shape index (κ3) is 3.15.